The third kappa shape index (κ3) is 2.61. The maximum Gasteiger partial charge on any atom is 0.341 e. The fraction of sp³-hybridized carbons (Fsp3) is 0.565. The molecule has 3 N–H and O–H groups in total. The molecule has 0 aromatic heterocycles. The highest BCUT2D eigenvalue weighted by Gasteiger charge is 2.83. The van der Waals surface area contributed by atoms with Crippen LogP contribution in [0.4, 0.5) is 0 Å². The van der Waals surface area contributed by atoms with Crippen molar-refractivity contribution >= 4 is 23.4 Å². The molecule has 3 heterocycles. The van der Waals surface area contributed by atoms with Gasteiger partial charge in [-0.15, -0.1) is 0 Å². The Morgan fingerprint density at radius 2 is 1.88 bits per heavy atom. The zero-order valence-electron chi connectivity index (χ0n) is 18.5. The van der Waals surface area contributed by atoms with Gasteiger partial charge in [0.2, 0.25) is 17.0 Å². The first-order chi connectivity index (χ1) is 14.8. The Balaban J connectivity index is 2.00. The number of carbonyl (C=O) groups is 2. The highest BCUT2D eigenvalue weighted by Crippen LogP contribution is 2.62. The van der Waals surface area contributed by atoms with E-state index in [9.17, 15) is 24.9 Å². The van der Waals surface area contributed by atoms with E-state index in [2.05, 4.69) is 0 Å². The number of aliphatic hydroxyl groups is 3. The Bertz CT molecular complexity index is 1020. The summed E-state index contributed by atoms with van der Waals surface area (Å²) < 4.78 is 17.1. The van der Waals surface area contributed by atoms with Gasteiger partial charge in [-0.05, 0) is 31.9 Å². The Labute approximate surface area is 190 Å². The lowest BCUT2D eigenvalue weighted by atomic mass is 9.58. The van der Waals surface area contributed by atoms with E-state index in [1.54, 1.807) is 13.0 Å². The highest BCUT2D eigenvalue weighted by molar-refractivity contribution is 6.45. The Morgan fingerprint density at radius 3 is 2.47 bits per heavy atom. The SMILES string of the molecule is CC[C@H](C)C=CC1=CC2=C(Cl)C(=O)[C@@]3(C)OC(=O)C4=C(C(C)C(C)O)OC(O1)C2(O)C43O. The monoisotopic (exact) mass is 466 g/mol. The van der Waals surface area contributed by atoms with Crippen molar-refractivity contribution in [3.63, 3.8) is 0 Å². The molecular formula is C23H27ClO8. The van der Waals surface area contributed by atoms with Gasteiger partial charge in [0.05, 0.1) is 11.1 Å². The molecule has 32 heavy (non-hydrogen) atoms. The number of ketones is 1. The average molecular weight is 467 g/mol. The summed E-state index contributed by atoms with van der Waals surface area (Å²) in [6, 6.07) is 0. The van der Waals surface area contributed by atoms with Crippen LogP contribution in [0.25, 0.3) is 0 Å². The van der Waals surface area contributed by atoms with E-state index in [0.717, 1.165) is 6.42 Å². The predicted octanol–water partition coefficient (Wildman–Crippen LogP) is 1.98. The number of ether oxygens (including phenoxy) is 3. The molecule has 0 aromatic carbocycles. The van der Waals surface area contributed by atoms with Crippen molar-refractivity contribution in [2.75, 3.05) is 0 Å². The second kappa shape index (κ2) is 7.18. The zero-order valence-corrected chi connectivity index (χ0v) is 19.3. The molecule has 5 unspecified atom stereocenters. The minimum Gasteiger partial charge on any atom is -0.455 e. The van der Waals surface area contributed by atoms with E-state index >= 15 is 0 Å². The number of Topliss-reactive ketones (excluding diaryl/α,β-unsaturated/α-hetero) is 1. The van der Waals surface area contributed by atoms with Gasteiger partial charge in [0.25, 0.3) is 6.29 Å². The third-order valence-electron chi connectivity index (χ3n) is 7.11. The zero-order chi connectivity index (χ0) is 23.8. The summed E-state index contributed by atoms with van der Waals surface area (Å²) in [5.41, 5.74) is -7.71. The van der Waals surface area contributed by atoms with Crippen molar-refractivity contribution < 1.29 is 39.1 Å². The highest BCUT2D eigenvalue weighted by atomic mass is 35.5. The first-order valence-corrected chi connectivity index (χ1v) is 11.0. The van der Waals surface area contributed by atoms with Crippen molar-refractivity contribution in [1.82, 2.24) is 0 Å². The number of hydrogen-bond acceptors (Lipinski definition) is 8. The molecule has 1 saturated heterocycles. The minimum absolute atomic E-state index is 0.108. The van der Waals surface area contributed by atoms with Gasteiger partial charge in [-0.25, -0.2) is 4.79 Å². The van der Waals surface area contributed by atoms with E-state index in [-0.39, 0.29) is 28.0 Å². The lowest BCUT2D eigenvalue weighted by Crippen LogP contribution is -2.77. The maximum absolute atomic E-state index is 13.2. The maximum atomic E-state index is 13.2. The summed E-state index contributed by atoms with van der Waals surface area (Å²) in [6.07, 6.45) is 3.27. The summed E-state index contributed by atoms with van der Waals surface area (Å²) in [7, 11) is 0. The van der Waals surface area contributed by atoms with Gasteiger partial charge in [-0.3, -0.25) is 4.79 Å². The van der Waals surface area contributed by atoms with Gasteiger partial charge in [-0.1, -0.05) is 44.9 Å². The van der Waals surface area contributed by atoms with Crippen LogP contribution >= 0.6 is 11.6 Å². The number of rotatable bonds is 5. The molecule has 0 spiro atoms. The molecular weight excluding hydrogens is 440 g/mol. The molecule has 0 aromatic rings. The van der Waals surface area contributed by atoms with Gasteiger partial charge in [0.1, 0.15) is 17.1 Å². The Morgan fingerprint density at radius 1 is 1.22 bits per heavy atom. The summed E-state index contributed by atoms with van der Waals surface area (Å²) >= 11 is 6.37. The van der Waals surface area contributed by atoms with Crippen LogP contribution in [0.5, 0.6) is 0 Å². The van der Waals surface area contributed by atoms with Gasteiger partial charge in [-0.2, -0.15) is 0 Å². The van der Waals surface area contributed by atoms with Crippen LogP contribution in [0.3, 0.4) is 0 Å². The molecule has 3 aliphatic heterocycles. The third-order valence-corrected chi connectivity index (χ3v) is 7.48. The van der Waals surface area contributed by atoms with E-state index in [1.165, 1.54) is 19.9 Å². The average Bonchev–Trinajstić information content (AvgIpc) is 2.96. The fourth-order valence-electron chi connectivity index (χ4n) is 4.61. The van der Waals surface area contributed by atoms with E-state index in [1.807, 2.05) is 19.9 Å². The van der Waals surface area contributed by atoms with Gasteiger partial charge < -0.3 is 29.5 Å². The quantitative estimate of drug-likeness (QED) is 0.526. The van der Waals surface area contributed by atoms with Crippen LogP contribution < -0.4 is 0 Å². The van der Waals surface area contributed by atoms with Crippen molar-refractivity contribution in [2.24, 2.45) is 11.8 Å². The Kier molecular flexibility index (Phi) is 5.17. The summed E-state index contributed by atoms with van der Waals surface area (Å²) in [5, 5.41) is 33.6. The largest absolute Gasteiger partial charge is 0.455 e. The molecule has 0 saturated carbocycles. The molecule has 4 aliphatic rings. The van der Waals surface area contributed by atoms with Gasteiger partial charge >= 0.3 is 5.97 Å². The van der Waals surface area contributed by atoms with Crippen LogP contribution in [-0.2, 0) is 23.8 Å². The summed E-state index contributed by atoms with van der Waals surface area (Å²) in [6.45, 7) is 8.31. The van der Waals surface area contributed by atoms with Gasteiger partial charge in [0.15, 0.2) is 5.60 Å². The number of carbonyl (C=O) groups excluding carboxylic acids is 2. The van der Waals surface area contributed by atoms with Crippen molar-refractivity contribution in [3.8, 4) is 0 Å². The van der Waals surface area contributed by atoms with Crippen molar-refractivity contribution in [2.45, 2.75) is 70.2 Å². The molecule has 0 amide bonds. The molecule has 9 heteroatoms. The second-order valence-corrected chi connectivity index (χ2v) is 9.46. The van der Waals surface area contributed by atoms with E-state index in [4.69, 9.17) is 25.8 Å². The predicted molar refractivity (Wildman–Crippen MR) is 113 cm³/mol. The lowest BCUT2D eigenvalue weighted by molar-refractivity contribution is -0.288. The number of allylic oxidation sites excluding steroid dienone is 2. The molecule has 0 radical (unpaired) electrons. The van der Waals surface area contributed by atoms with Gasteiger partial charge in [0, 0.05) is 11.5 Å². The van der Waals surface area contributed by atoms with Crippen molar-refractivity contribution in [1.29, 1.82) is 0 Å². The number of halogens is 1. The lowest BCUT2D eigenvalue weighted by Gasteiger charge is -2.56. The molecule has 4 rings (SSSR count). The van der Waals surface area contributed by atoms with Crippen LogP contribution in [0.15, 0.2) is 45.9 Å². The molecule has 7 atom stereocenters. The van der Waals surface area contributed by atoms with Crippen molar-refractivity contribution in [3.05, 3.63) is 45.9 Å². The molecule has 1 aliphatic carbocycles. The molecule has 8 nitrogen and oxygen atoms in total. The molecule has 0 bridgehead atoms. The number of esters is 1. The van der Waals surface area contributed by atoms with Crippen LogP contribution in [0.1, 0.15) is 41.0 Å². The number of hydrogen-bond donors (Lipinski definition) is 3. The first kappa shape index (κ1) is 23.0. The fourth-order valence-corrected chi connectivity index (χ4v) is 4.99. The minimum atomic E-state index is -2.55. The van der Waals surface area contributed by atoms with E-state index in [0.29, 0.717) is 0 Å². The summed E-state index contributed by atoms with van der Waals surface area (Å²) in [4.78, 5) is 26.1. The molecule has 174 valence electrons. The van der Waals surface area contributed by atoms with E-state index < -0.39 is 52.4 Å². The molecule has 1 fully saturated rings. The number of aliphatic hydroxyl groups excluding tert-OH is 1. The van der Waals surface area contributed by atoms with Crippen LogP contribution in [0, 0.1) is 11.8 Å². The standard InChI is InChI=1S/C23H27ClO8/c1-6-10(2)7-8-13-9-14-16(24)18(26)21(5)23(29)15(19(27)32-21)17(11(3)12(4)25)31-20(30-13)22(14,23)28/h7-12,20,25,28-29H,6H2,1-5H3/t10-,11?,12?,20?,21+,22?,23?/m0/s1. The van der Waals surface area contributed by atoms with Crippen LogP contribution in [-0.4, -0.2) is 56.3 Å². The normalized spacial score (nSPS) is 38.7. The Hall–Kier alpha value is -2.13. The topological polar surface area (TPSA) is 123 Å². The first-order valence-electron chi connectivity index (χ1n) is 10.6. The van der Waals surface area contributed by atoms with Crippen LogP contribution in [0.2, 0.25) is 0 Å². The second-order valence-electron chi connectivity index (χ2n) is 9.08. The summed E-state index contributed by atoms with van der Waals surface area (Å²) in [5.74, 6) is -2.28. The smallest absolute Gasteiger partial charge is 0.341 e.